The van der Waals surface area contributed by atoms with Crippen LogP contribution in [0.3, 0.4) is 0 Å². The third kappa shape index (κ3) is 5.22. The molecule has 0 saturated carbocycles. The van der Waals surface area contributed by atoms with Gasteiger partial charge in [-0.25, -0.2) is 0 Å². The first-order chi connectivity index (χ1) is 8.13. The van der Waals surface area contributed by atoms with Crippen molar-refractivity contribution in [1.29, 1.82) is 0 Å². The molecule has 0 radical (unpaired) electrons. The van der Waals surface area contributed by atoms with Crippen molar-refractivity contribution >= 4 is 0 Å². The van der Waals surface area contributed by atoms with E-state index in [2.05, 4.69) is 57.3 Å². The molecular weight excluding hydrogens is 210 g/mol. The molecule has 2 nitrogen and oxygen atoms in total. The van der Waals surface area contributed by atoms with Gasteiger partial charge in [-0.05, 0) is 43.5 Å². The van der Waals surface area contributed by atoms with Crippen LogP contribution < -0.4 is 10.1 Å². The molecule has 0 fully saturated rings. The van der Waals surface area contributed by atoms with Crippen molar-refractivity contribution in [3.63, 3.8) is 0 Å². The van der Waals surface area contributed by atoms with Crippen LogP contribution in [0.2, 0.25) is 0 Å². The Labute approximate surface area is 105 Å². The highest BCUT2D eigenvalue weighted by Crippen LogP contribution is 2.17. The van der Waals surface area contributed by atoms with Crippen LogP contribution >= 0.6 is 0 Å². The van der Waals surface area contributed by atoms with Crippen LogP contribution in [-0.2, 0) is 0 Å². The predicted molar refractivity (Wildman–Crippen MR) is 73.5 cm³/mol. The zero-order chi connectivity index (χ0) is 12.7. The van der Waals surface area contributed by atoms with Gasteiger partial charge in [0.2, 0.25) is 0 Å². The van der Waals surface area contributed by atoms with Crippen molar-refractivity contribution in [3.05, 3.63) is 29.8 Å². The third-order valence-corrected chi connectivity index (χ3v) is 2.69. The standard InChI is InChI=1S/C15H25NO/c1-5-10-17-15-8-6-14(7-9-15)13(4)16-11-12(2)3/h6-9,12-13,16H,5,10-11H2,1-4H3/t13-/m0/s1. The average Bonchev–Trinajstić information content (AvgIpc) is 2.34. The van der Waals surface area contributed by atoms with Gasteiger partial charge >= 0.3 is 0 Å². The number of benzene rings is 1. The number of hydrogen-bond donors (Lipinski definition) is 1. The molecule has 0 aliphatic heterocycles. The van der Waals surface area contributed by atoms with Crippen molar-refractivity contribution in [2.24, 2.45) is 5.92 Å². The maximum Gasteiger partial charge on any atom is 0.119 e. The Morgan fingerprint density at radius 1 is 1.12 bits per heavy atom. The number of rotatable bonds is 7. The zero-order valence-corrected chi connectivity index (χ0v) is 11.5. The minimum absolute atomic E-state index is 0.401. The molecule has 0 bridgehead atoms. The largest absolute Gasteiger partial charge is 0.494 e. The number of nitrogens with one attached hydrogen (secondary N) is 1. The van der Waals surface area contributed by atoms with Crippen molar-refractivity contribution in [2.45, 2.75) is 40.2 Å². The summed E-state index contributed by atoms with van der Waals surface area (Å²) in [5, 5.41) is 3.52. The van der Waals surface area contributed by atoms with E-state index in [0.717, 1.165) is 25.3 Å². The van der Waals surface area contributed by atoms with E-state index >= 15 is 0 Å². The topological polar surface area (TPSA) is 21.3 Å². The Balaban J connectivity index is 2.48. The van der Waals surface area contributed by atoms with E-state index in [9.17, 15) is 0 Å². The molecule has 1 aromatic rings. The second-order valence-corrected chi connectivity index (χ2v) is 4.94. The molecule has 0 aliphatic carbocycles. The van der Waals surface area contributed by atoms with Crippen LogP contribution in [0.5, 0.6) is 5.75 Å². The molecule has 0 spiro atoms. The molecule has 0 amide bonds. The number of hydrogen-bond acceptors (Lipinski definition) is 2. The maximum atomic E-state index is 5.57. The molecule has 0 unspecified atom stereocenters. The van der Waals surface area contributed by atoms with Gasteiger partial charge in [-0.3, -0.25) is 0 Å². The fraction of sp³-hybridized carbons (Fsp3) is 0.600. The first-order valence-corrected chi connectivity index (χ1v) is 6.59. The first-order valence-electron chi connectivity index (χ1n) is 6.59. The highest BCUT2D eigenvalue weighted by molar-refractivity contribution is 5.28. The van der Waals surface area contributed by atoms with Crippen molar-refractivity contribution in [3.8, 4) is 5.75 Å². The lowest BCUT2D eigenvalue weighted by atomic mass is 10.1. The van der Waals surface area contributed by atoms with Crippen molar-refractivity contribution < 1.29 is 4.74 Å². The summed E-state index contributed by atoms with van der Waals surface area (Å²) < 4.78 is 5.57. The monoisotopic (exact) mass is 235 g/mol. The molecular formula is C15H25NO. The van der Waals surface area contributed by atoms with Gasteiger partial charge in [0, 0.05) is 6.04 Å². The van der Waals surface area contributed by atoms with Crippen molar-refractivity contribution in [1.82, 2.24) is 5.32 Å². The Kier molecular flexibility index (Phi) is 6.06. The molecule has 1 atom stereocenters. The van der Waals surface area contributed by atoms with Crippen LogP contribution in [-0.4, -0.2) is 13.2 Å². The van der Waals surface area contributed by atoms with E-state index in [4.69, 9.17) is 4.74 Å². The van der Waals surface area contributed by atoms with Crippen LogP contribution in [0.15, 0.2) is 24.3 Å². The summed E-state index contributed by atoms with van der Waals surface area (Å²) in [5.41, 5.74) is 1.31. The first kappa shape index (κ1) is 14.0. The Morgan fingerprint density at radius 3 is 2.29 bits per heavy atom. The third-order valence-electron chi connectivity index (χ3n) is 2.69. The van der Waals surface area contributed by atoms with E-state index in [1.54, 1.807) is 0 Å². The summed E-state index contributed by atoms with van der Waals surface area (Å²) >= 11 is 0. The van der Waals surface area contributed by atoms with Gasteiger partial charge in [0.1, 0.15) is 5.75 Å². The molecule has 0 aliphatic rings. The quantitative estimate of drug-likeness (QED) is 0.776. The lowest BCUT2D eigenvalue weighted by molar-refractivity contribution is 0.317. The molecule has 1 N–H and O–H groups in total. The Morgan fingerprint density at radius 2 is 1.76 bits per heavy atom. The van der Waals surface area contributed by atoms with Gasteiger partial charge in [0.25, 0.3) is 0 Å². The molecule has 0 heterocycles. The van der Waals surface area contributed by atoms with Gasteiger partial charge in [-0.2, -0.15) is 0 Å². The second kappa shape index (κ2) is 7.33. The minimum atomic E-state index is 0.401. The van der Waals surface area contributed by atoms with Gasteiger partial charge in [0.05, 0.1) is 6.61 Å². The van der Waals surface area contributed by atoms with Crippen LogP contribution in [0, 0.1) is 5.92 Å². The molecule has 1 aromatic carbocycles. The lowest BCUT2D eigenvalue weighted by Gasteiger charge is -2.16. The normalized spacial score (nSPS) is 12.8. The molecule has 17 heavy (non-hydrogen) atoms. The average molecular weight is 235 g/mol. The minimum Gasteiger partial charge on any atom is -0.494 e. The smallest absolute Gasteiger partial charge is 0.119 e. The van der Waals surface area contributed by atoms with E-state index in [0.29, 0.717) is 12.0 Å². The van der Waals surface area contributed by atoms with Gasteiger partial charge in [-0.1, -0.05) is 32.9 Å². The van der Waals surface area contributed by atoms with Gasteiger partial charge < -0.3 is 10.1 Å². The lowest BCUT2D eigenvalue weighted by Crippen LogP contribution is -2.23. The predicted octanol–water partition coefficient (Wildman–Crippen LogP) is 3.78. The zero-order valence-electron chi connectivity index (χ0n) is 11.5. The van der Waals surface area contributed by atoms with Crippen LogP contribution in [0.1, 0.15) is 45.7 Å². The SMILES string of the molecule is CCCOc1ccc([C@H](C)NCC(C)C)cc1. The Hall–Kier alpha value is -1.02. The summed E-state index contributed by atoms with van der Waals surface area (Å²) in [6, 6.07) is 8.79. The molecule has 2 heteroatoms. The second-order valence-electron chi connectivity index (χ2n) is 4.94. The van der Waals surface area contributed by atoms with Gasteiger partial charge in [-0.15, -0.1) is 0 Å². The van der Waals surface area contributed by atoms with Crippen molar-refractivity contribution in [2.75, 3.05) is 13.2 Å². The fourth-order valence-electron chi connectivity index (χ4n) is 1.60. The molecule has 96 valence electrons. The Bertz CT molecular complexity index is 305. The fourth-order valence-corrected chi connectivity index (χ4v) is 1.60. The summed E-state index contributed by atoms with van der Waals surface area (Å²) in [7, 11) is 0. The molecule has 0 saturated heterocycles. The number of ether oxygens (including phenoxy) is 1. The summed E-state index contributed by atoms with van der Waals surface area (Å²) in [5.74, 6) is 1.65. The summed E-state index contributed by atoms with van der Waals surface area (Å²) in [6.07, 6.45) is 1.05. The van der Waals surface area contributed by atoms with E-state index < -0.39 is 0 Å². The van der Waals surface area contributed by atoms with Crippen LogP contribution in [0.25, 0.3) is 0 Å². The summed E-state index contributed by atoms with van der Waals surface area (Å²) in [6.45, 7) is 10.6. The maximum absolute atomic E-state index is 5.57. The van der Waals surface area contributed by atoms with E-state index in [1.807, 2.05) is 0 Å². The highest BCUT2D eigenvalue weighted by atomic mass is 16.5. The summed E-state index contributed by atoms with van der Waals surface area (Å²) in [4.78, 5) is 0. The molecule has 1 rings (SSSR count). The highest BCUT2D eigenvalue weighted by Gasteiger charge is 2.05. The molecule has 0 aromatic heterocycles. The van der Waals surface area contributed by atoms with E-state index in [-0.39, 0.29) is 0 Å². The van der Waals surface area contributed by atoms with Crippen LogP contribution in [0.4, 0.5) is 0 Å². The van der Waals surface area contributed by atoms with Gasteiger partial charge in [0.15, 0.2) is 0 Å². The van der Waals surface area contributed by atoms with E-state index in [1.165, 1.54) is 5.56 Å².